The fourth-order valence-corrected chi connectivity index (χ4v) is 3.80. The van der Waals surface area contributed by atoms with Gasteiger partial charge in [0.15, 0.2) is 11.5 Å². The molecular weight excluding hydrogens is 298 g/mol. The van der Waals surface area contributed by atoms with Crippen molar-refractivity contribution in [2.24, 2.45) is 0 Å². The molecule has 0 saturated carbocycles. The topological polar surface area (TPSA) is 65.1 Å². The summed E-state index contributed by atoms with van der Waals surface area (Å²) in [5, 5.41) is 0. The molecule has 0 N–H and O–H groups in total. The number of likely N-dealkylation sites (tertiary alicyclic amines) is 1. The second kappa shape index (κ2) is 5.01. The van der Waals surface area contributed by atoms with Crippen molar-refractivity contribution in [1.29, 1.82) is 0 Å². The van der Waals surface area contributed by atoms with Crippen LogP contribution < -0.4 is 9.47 Å². The van der Waals surface area contributed by atoms with E-state index in [9.17, 15) is 9.59 Å². The summed E-state index contributed by atoms with van der Waals surface area (Å²) in [7, 11) is 1.37. The molecule has 1 aromatic carbocycles. The minimum atomic E-state index is -0.482. The lowest BCUT2D eigenvalue weighted by molar-refractivity contribution is -0.119. The Balaban J connectivity index is 1.80. The van der Waals surface area contributed by atoms with Crippen molar-refractivity contribution in [1.82, 2.24) is 4.90 Å². The molecule has 6 heteroatoms. The maximum Gasteiger partial charge on any atom is 0.413 e. The van der Waals surface area contributed by atoms with Gasteiger partial charge in [-0.15, -0.1) is 0 Å². The fourth-order valence-electron chi connectivity index (χ4n) is 3.80. The summed E-state index contributed by atoms with van der Waals surface area (Å²) < 4.78 is 15.7. The first-order valence-corrected chi connectivity index (χ1v) is 7.62. The third-order valence-electron chi connectivity index (χ3n) is 4.89. The summed E-state index contributed by atoms with van der Waals surface area (Å²) in [6, 6.07) is 5.75. The van der Waals surface area contributed by atoms with Crippen LogP contribution in [0.3, 0.4) is 0 Å². The van der Waals surface area contributed by atoms with Crippen molar-refractivity contribution < 1.29 is 23.8 Å². The molecule has 1 saturated heterocycles. The quantitative estimate of drug-likeness (QED) is 0.796. The standard InChI is InChI=1S/C17H17NO5/c1-21-16(20)18-7-6-17(9-12(19)3-5-15(17)18)11-2-4-13-14(8-11)23-10-22-13/h2,4-5,8H,3,6-7,9-10H2,1H3/t17-/m0/s1. The predicted octanol–water partition coefficient (Wildman–Crippen LogP) is 2.37. The van der Waals surface area contributed by atoms with Crippen LogP contribution in [0.15, 0.2) is 30.0 Å². The minimum absolute atomic E-state index is 0.179. The first-order valence-electron chi connectivity index (χ1n) is 7.62. The first kappa shape index (κ1) is 14.1. The Hall–Kier alpha value is -2.50. The van der Waals surface area contributed by atoms with E-state index >= 15 is 0 Å². The molecule has 1 aromatic rings. The Bertz CT molecular complexity index is 726. The fraction of sp³-hybridized carbons (Fsp3) is 0.412. The number of hydrogen-bond acceptors (Lipinski definition) is 5. The van der Waals surface area contributed by atoms with Gasteiger partial charge in [-0.25, -0.2) is 4.79 Å². The van der Waals surface area contributed by atoms with E-state index < -0.39 is 5.41 Å². The van der Waals surface area contributed by atoms with Crippen LogP contribution in [0.4, 0.5) is 4.79 Å². The number of fused-ring (bicyclic) bond motifs is 2. The number of Topliss-reactive ketones (excluding diaryl/α,β-unsaturated/α-hetero) is 1. The smallest absolute Gasteiger partial charge is 0.413 e. The Labute approximate surface area is 133 Å². The van der Waals surface area contributed by atoms with Gasteiger partial charge in [0.25, 0.3) is 0 Å². The molecule has 23 heavy (non-hydrogen) atoms. The van der Waals surface area contributed by atoms with Crippen LogP contribution in [0, 0.1) is 0 Å². The van der Waals surface area contributed by atoms with Crippen molar-refractivity contribution in [3.8, 4) is 11.5 Å². The number of hydrogen-bond donors (Lipinski definition) is 0. The monoisotopic (exact) mass is 315 g/mol. The van der Waals surface area contributed by atoms with Gasteiger partial charge in [-0.05, 0) is 24.1 Å². The molecule has 0 unspecified atom stereocenters. The van der Waals surface area contributed by atoms with E-state index in [4.69, 9.17) is 14.2 Å². The Kier molecular flexibility index (Phi) is 3.07. The summed E-state index contributed by atoms with van der Waals surface area (Å²) in [4.78, 5) is 25.8. The van der Waals surface area contributed by atoms with E-state index in [2.05, 4.69) is 0 Å². The first-order chi connectivity index (χ1) is 11.1. The third kappa shape index (κ3) is 2.01. The molecule has 0 spiro atoms. The molecule has 1 amide bonds. The molecule has 6 nitrogen and oxygen atoms in total. The molecule has 0 aromatic heterocycles. The molecule has 1 aliphatic carbocycles. The third-order valence-corrected chi connectivity index (χ3v) is 4.89. The van der Waals surface area contributed by atoms with Crippen molar-refractivity contribution in [2.45, 2.75) is 24.7 Å². The maximum atomic E-state index is 12.1. The Morgan fingerprint density at radius 2 is 2.13 bits per heavy atom. The van der Waals surface area contributed by atoms with Crippen LogP contribution in [0.2, 0.25) is 0 Å². The number of benzene rings is 1. The second-order valence-corrected chi connectivity index (χ2v) is 6.03. The zero-order chi connectivity index (χ0) is 16.0. The summed E-state index contributed by atoms with van der Waals surface area (Å²) in [6.07, 6.45) is 2.93. The van der Waals surface area contributed by atoms with Crippen LogP contribution in [-0.2, 0) is 14.9 Å². The van der Waals surface area contributed by atoms with E-state index in [0.29, 0.717) is 37.3 Å². The summed E-state index contributed by atoms with van der Waals surface area (Å²) in [5.41, 5.74) is 1.36. The SMILES string of the molecule is COC(=O)N1CC[C@@]2(c3ccc4c(c3)OCO4)CC(=O)CC=C12. The molecule has 0 radical (unpaired) electrons. The number of rotatable bonds is 1. The number of ether oxygens (including phenoxy) is 3. The van der Waals surface area contributed by atoms with Gasteiger partial charge in [-0.2, -0.15) is 0 Å². The number of ketones is 1. The van der Waals surface area contributed by atoms with E-state index in [1.807, 2.05) is 24.3 Å². The number of amides is 1. The Morgan fingerprint density at radius 3 is 2.96 bits per heavy atom. The molecule has 4 rings (SSSR count). The molecule has 2 heterocycles. The zero-order valence-corrected chi connectivity index (χ0v) is 12.8. The van der Waals surface area contributed by atoms with Crippen LogP contribution in [0.1, 0.15) is 24.8 Å². The average Bonchev–Trinajstić information content (AvgIpc) is 3.17. The van der Waals surface area contributed by atoms with Crippen molar-refractivity contribution in [2.75, 3.05) is 20.4 Å². The molecule has 1 atom stereocenters. The number of carbonyl (C=O) groups is 2. The highest BCUT2D eigenvalue weighted by molar-refractivity contribution is 5.85. The van der Waals surface area contributed by atoms with Crippen LogP contribution in [0.25, 0.3) is 0 Å². The van der Waals surface area contributed by atoms with Gasteiger partial charge in [0.2, 0.25) is 6.79 Å². The van der Waals surface area contributed by atoms with E-state index in [0.717, 1.165) is 11.3 Å². The van der Waals surface area contributed by atoms with Gasteiger partial charge >= 0.3 is 6.09 Å². The molecule has 0 bridgehead atoms. The highest BCUT2D eigenvalue weighted by Gasteiger charge is 2.49. The van der Waals surface area contributed by atoms with Gasteiger partial charge in [0.1, 0.15) is 5.78 Å². The van der Waals surface area contributed by atoms with E-state index in [-0.39, 0.29) is 18.7 Å². The molecular formula is C17H17NO5. The minimum Gasteiger partial charge on any atom is -0.454 e. The number of allylic oxidation sites excluding steroid dienone is 2. The van der Waals surface area contributed by atoms with Gasteiger partial charge in [-0.3, -0.25) is 9.69 Å². The van der Waals surface area contributed by atoms with Crippen LogP contribution in [0.5, 0.6) is 11.5 Å². The summed E-state index contributed by atoms with van der Waals surface area (Å²) in [5.74, 6) is 1.57. The van der Waals surface area contributed by atoms with Gasteiger partial charge in [0, 0.05) is 30.5 Å². The number of carbonyl (C=O) groups excluding carboxylic acids is 2. The van der Waals surface area contributed by atoms with Gasteiger partial charge in [-0.1, -0.05) is 12.1 Å². The predicted molar refractivity (Wildman–Crippen MR) is 80.3 cm³/mol. The van der Waals surface area contributed by atoms with E-state index in [1.165, 1.54) is 7.11 Å². The highest BCUT2D eigenvalue weighted by atomic mass is 16.7. The van der Waals surface area contributed by atoms with Gasteiger partial charge < -0.3 is 14.2 Å². The lowest BCUT2D eigenvalue weighted by atomic mass is 9.70. The van der Waals surface area contributed by atoms with Crippen molar-refractivity contribution in [3.05, 3.63) is 35.5 Å². The molecule has 1 fully saturated rings. The number of methoxy groups -OCH3 is 1. The molecule has 2 aliphatic heterocycles. The lowest BCUT2D eigenvalue weighted by Gasteiger charge is -2.34. The maximum absolute atomic E-state index is 12.1. The summed E-state index contributed by atoms with van der Waals surface area (Å²) >= 11 is 0. The van der Waals surface area contributed by atoms with Gasteiger partial charge in [0.05, 0.1) is 7.11 Å². The van der Waals surface area contributed by atoms with E-state index in [1.54, 1.807) is 4.90 Å². The largest absolute Gasteiger partial charge is 0.454 e. The van der Waals surface area contributed by atoms with Crippen LogP contribution >= 0.6 is 0 Å². The zero-order valence-electron chi connectivity index (χ0n) is 12.8. The molecule has 3 aliphatic rings. The Morgan fingerprint density at radius 1 is 1.30 bits per heavy atom. The normalized spacial score (nSPS) is 25.2. The second-order valence-electron chi connectivity index (χ2n) is 6.03. The lowest BCUT2D eigenvalue weighted by Crippen LogP contribution is -2.36. The number of nitrogens with zero attached hydrogens (tertiary/aromatic N) is 1. The van der Waals surface area contributed by atoms with Crippen molar-refractivity contribution >= 4 is 11.9 Å². The van der Waals surface area contributed by atoms with Crippen molar-refractivity contribution in [3.63, 3.8) is 0 Å². The van der Waals surface area contributed by atoms with Crippen LogP contribution in [-0.4, -0.2) is 37.2 Å². The average molecular weight is 315 g/mol. The molecule has 120 valence electrons. The highest BCUT2D eigenvalue weighted by Crippen LogP contribution is 2.50. The summed E-state index contributed by atoms with van der Waals surface area (Å²) in [6.45, 7) is 0.752.